The lowest BCUT2D eigenvalue weighted by atomic mass is 10.2. The van der Waals surface area contributed by atoms with Crippen LogP contribution in [0.25, 0.3) is 0 Å². The summed E-state index contributed by atoms with van der Waals surface area (Å²) in [5.41, 5.74) is 0.283. The molecule has 0 aromatic heterocycles. The molecule has 0 spiro atoms. The van der Waals surface area contributed by atoms with Crippen LogP contribution >= 0.6 is 0 Å². The smallest absolute Gasteiger partial charge is 0.165 e. The first kappa shape index (κ1) is 10.1. The summed E-state index contributed by atoms with van der Waals surface area (Å²) in [6, 6.07) is 4.37. The molecule has 0 heterocycles. The number of aldehydes is 1. The molecule has 1 fully saturated rings. The summed E-state index contributed by atoms with van der Waals surface area (Å²) in [5, 5.41) is 0. The number of benzene rings is 1. The molecule has 0 saturated heterocycles. The predicted octanol–water partition coefficient (Wildman–Crippen LogP) is 2.82. The Morgan fingerprint density at radius 3 is 2.93 bits per heavy atom. The molecule has 0 unspecified atom stereocenters. The summed E-state index contributed by atoms with van der Waals surface area (Å²) in [5.74, 6) is 0.375. The van der Waals surface area contributed by atoms with E-state index in [0.717, 1.165) is 12.3 Å². The van der Waals surface area contributed by atoms with Crippen molar-refractivity contribution in [2.24, 2.45) is 5.92 Å². The molecular weight excluding hydrogens is 195 g/mol. The molecule has 1 aliphatic carbocycles. The fourth-order valence-electron chi connectivity index (χ4n) is 1.50. The van der Waals surface area contributed by atoms with Crippen LogP contribution in [0.2, 0.25) is 0 Å². The van der Waals surface area contributed by atoms with Crippen molar-refractivity contribution >= 4 is 6.29 Å². The predicted molar refractivity (Wildman–Crippen MR) is 54.6 cm³/mol. The summed E-state index contributed by atoms with van der Waals surface area (Å²) in [4.78, 5) is 10.6. The van der Waals surface area contributed by atoms with E-state index >= 15 is 0 Å². The van der Waals surface area contributed by atoms with E-state index in [-0.39, 0.29) is 11.3 Å². The van der Waals surface area contributed by atoms with E-state index in [2.05, 4.69) is 0 Å². The first-order chi connectivity index (χ1) is 7.31. The van der Waals surface area contributed by atoms with Crippen molar-refractivity contribution < 1.29 is 13.9 Å². The van der Waals surface area contributed by atoms with Crippen molar-refractivity contribution in [3.63, 3.8) is 0 Å². The van der Waals surface area contributed by atoms with Gasteiger partial charge in [0.25, 0.3) is 0 Å². The zero-order valence-corrected chi connectivity index (χ0v) is 8.41. The van der Waals surface area contributed by atoms with Crippen LogP contribution in [0.15, 0.2) is 18.2 Å². The molecule has 0 bridgehead atoms. The molecule has 2 rings (SSSR count). The molecule has 3 heteroatoms. The molecule has 1 saturated carbocycles. The van der Waals surface area contributed by atoms with Gasteiger partial charge in [-0.05, 0) is 24.5 Å². The summed E-state index contributed by atoms with van der Waals surface area (Å²) in [7, 11) is 0. The molecule has 0 amide bonds. The van der Waals surface area contributed by atoms with Gasteiger partial charge in [-0.2, -0.15) is 0 Å². The molecule has 0 atom stereocenters. The van der Waals surface area contributed by atoms with Crippen LogP contribution in [0.1, 0.15) is 29.6 Å². The highest BCUT2D eigenvalue weighted by molar-refractivity contribution is 5.79. The van der Waals surface area contributed by atoms with E-state index in [1.54, 1.807) is 6.07 Å². The zero-order chi connectivity index (χ0) is 10.7. The fourth-order valence-corrected chi connectivity index (χ4v) is 1.50. The molecule has 80 valence electrons. The Bertz CT molecular complexity index is 359. The number of hydrogen-bond donors (Lipinski definition) is 0. The van der Waals surface area contributed by atoms with Gasteiger partial charge < -0.3 is 4.74 Å². The average Bonchev–Trinajstić information content (AvgIpc) is 3.04. The molecule has 1 aromatic rings. The summed E-state index contributed by atoms with van der Waals surface area (Å²) in [6.07, 6.45) is 4.07. The third-order valence-electron chi connectivity index (χ3n) is 2.59. The van der Waals surface area contributed by atoms with Crippen molar-refractivity contribution in [2.45, 2.75) is 19.3 Å². The van der Waals surface area contributed by atoms with Gasteiger partial charge in [0.2, 0.25) is 0 Å². The lowest BCUT2D eigenvalue weighted by Crippen LogP contribution is -2.02. The Morgan fingerprint density at radius 2 is 2.27 bits per heavy atom. The van der Waals surface area contributed by atoms with Crippen LogP contribution in [0.4, 0.5) is 4.39 Å². The highest BCUT2D eigenvalue weighted by Gasteiger charge is 2.21. The molecule has 0 N–H and O–H groups in total. The first-order valence-electron chi connectivity index (χ1n) is 5.17. The highest BCUT2D eigenvalue weighted by atomic mass is 19.1. The Kier molecular flexibility index (Phi) is 2.99. The van der Waals surface area contributed by atoms with Gasteiger partial charge in [-0.1, -0.05) is 18.9 Å². The Labute approximate surface area is 88.1 Å². The van der Waals surface area contributed by atoms with Gasteiger partial charge in [0.1, 0.15) is 0 Å². The second-order valence-corrected chi connectivity index (χ2v) is 3.86. The Balaban J connectivity index is 2.00. The van der Waals surface area contributed by atoms with Crippen molar-refractivity contribution in [1.82, 2.24) is 0 Å². The van der Waals surface area contributed by atoms with Crippen LogP contribution in [-0.4, -0.2) is 12.9 Å². The van der Waals surface area contributed by atoms with Crippen LogP contribution in [0.3, 0.4) is 0 Å². The molecule has 0 aliphatic heterocycles. The molecule has 2 nitrogen and oxygen atoms in total. The molecule has 15 heavy (non-hydrogen) atoms. The molecule has 0 radical (unpaired) electrons. The van der Waals surface area contributed by atoms with Crippen molar-refractivity contribution in [3.8, 4) is 5.75 Å². The van der Waals surface area contributed by atoms with Gasteiger partial charge in [-0.25, -0.2) is 4.39 Å². The second-order valence-electron chi connectivity index (χ2n) is 3.86. The van der Waals surface area contributed by atoms with Crippen molar-refractivity contribution in [2.75, 3.05) is 6.61 Å². The monoisotopic (exact) mass is 208 g/mol. The van der Waals surface area contributed by atoms with E-state index in [9.17, 15) is 9.18 Å². The maximum atomic E-state index is 13.3. The molecule has 1 aromatic carbocycles. The lowest BCUT2D eigenvalue weighted by Gasteiger charge is -2.08. The standard InChI is InChI=1S/C12H13FO2/c13-11-3-1-2-10(8-14)12(11)15-7-6-9-4-5-9/h1-3,8-9H,4-7H2. The second kappa shape index (κ2) is 4.43. The number of halogens is 1. The Hall–Kier alpha value is -1.38. The highest BCUT2D eigenvalue weighted by Crippen LogP contribution is 2.32. The van der Waals surface area contributed by atoms with Crippen molar-refractivity contribution in [1.29, 1.82) is 0 Å². The van der Waals surface area contributed by atoms with E-state index in [0.29, 0.717) is 12.9 Å². The van der Waals surface area contributed by atoms with E-state index in [1.807, 2.05) is 0 Å². The number of hydrogen-bond acceptors (Lipinski definition) is 2. The quantitative estimate of drug-likeness (QED) is 0.695. The number of para-hydroxylation sites is 1. The maximum absolute atomic E-state index is 13.3. The van der Waals surface area contributed by atoms with E-state index in [4.69, 9.17) is 4.74 Å². The number of carbonyl (C=O) groups excluding carboxylic acids is 1. The maximum Gasteiger partial charge on any atom is 0.165 e. The SMILES string of the molecule is O=Cc1cccc(F)c1OCCC1CC1. The average molecular weight is 208 g/mol. The first-order valence-corrected chi connectivity index (χ1v) is 5.17. The topological polar surface area (TPSA) is 26.3 Å². The van der Waals surface area contributed by atoms with Crippen LogP contribution < -0.4 is 4.74 Å². The summed E-state index contributed by atoms with van der Waals surface area (Å²) < 4.78 is 18.6. The minimum absolute atomic E-state index is 0.0909. The van der Waals surface area contributed by atoms with Crippen LogP contribution in [0, 0.1) is 11.7 Å². The van der Waals surface area contributed by atoms with Crippen molar-refractivity contribution in [3.05, 3.63) is 29.6 Å². The number of rotatable bonds is 5. The Morgan fingerprint density at radius 1 is 1.47 bits per heavy atom. The van der Waals surface area contributed by atoms with Crippen LogP contribution in [0.5, 0.6) is 5.75 Å². The van der Waals surface area contributed by atoms with Gasteiger partial charge in [0, 0.05) is 0 Å². The third kappa shape index (κ3) is 2.55. The molecule has 1 aliphatic rings. The van der Waals surface area contributed by atoms with E-state index < -0.39 is 5.82 Å². The molecular formula is C12H13FO2. The van der Waals surface area contributed by atoms with Gasteiger partial charge in [0.05, 0.1) is 12.2 Å². The minimum atomic E-state index is -0.463. The number of ether oxygens (including phenoxy) is 1. The zero-order valence-electron chi connectivity index (χ0n) is 8.41. The third-order valence-corrected chi connectivity index (χ3v) is 2.59. The van der Waals surface area contributed by atoms with E-state index in [1.165, 1.54) is 25.0 Å². The minimum Gasteiger partial charge on any atom is -0.490 e. The number of carbonyl (C=O) groups is 1. The van der Waals surface area contributed by atoms with Gasteiger partial charge in [-0.15, -0.1) is 0 Å². The van der Waals surface area contributed by atoms with Gasteiger partial charge in [0.15, 0.2) is 17.9 Å². The van der Waals surface area contributed by atoms with Crippen LogP contribution in [-0.2, 0) is 0 Å². The summed E-state index contributed by atoms with van der Waals surface area (Å²) in [6.45, 7) is 0.493. The van der Waals surface area contributed by atoms with Gasteiger partial charge >= 0.3 is 0 Å². The summed E-state index contributed by atoms with van der Waals surface area (Å²) >= 11 is 0. The largest absolute Gasteiger partial charge is 0.490 e. The van der Waals surface area contributed by atoms with Gasteiger partial charge in [-0.3, -0.25) is 4.79 Å². The normalized spacial score (nSPS) is 15.0. The fraction of sp³-hybridized carbons (Fsp3) is 0.417. The lowest BCUT2D eigenvalue weighted by molar-refractivity contribution is 0.111.